The number of carboxylic acids is 1. The predicted octanol–water partition coefficient (Wildman–Crippen LogP) is 3.16. The Labute approximate surface area is 116 Å². The zero-order chi connectivity index (χ0) is 14.9. The first kappa shape index (κ1) is 13.9. The lowest BCUT2D eigenvalue weighted by atomic mass is 10.1. The summed E-state index contributed by atoms with van der Waals surface area (Å²) in [6.45, 7) is 5.23. The zero-order valence-corrected chi connectivity index (χ0v) is 11.5. The molecule has 104 valence electrons. The van der Waals surface area contributed by atoms with Gasteiger partial charge in [-0.2, -0.15) is 0 Å². The van der Waals surface area contributed by atoms with E-state index < -0.39 is 5.97 Å². The van der Waals surface area contributed by atoms with E-state index in [1.54, 1.807) is 39.0 Å². The van der Waals surface area contributed by atoms with Gasteiger partial charge in [-0.15, -0.1) is 0 Å². The molecule has 0 atom stereocenters. The fourth-order valence-corrected chi connectivity index (χ4v) is 1.99. The van der Waals surface area contributed by atoms with E-state index in [1.165, 1.54) is 6.07 Å². The molecule has 0 aliphatic rings. The summed E-state index contributed by atoms with van der Waals surface area (Å²) in [4.78, 5) is 23.3. The van der Waals surface area contributed by atoms with E-state index in [9.17, 15) is 9.59 Å². The van der Waals surface area contributed by atoms with E-state index in [0.29, 0.717) is 17.1 Å². The average molecular weight is 273 g/mol. The Bertz CT molecular complexity index is 685. The number of rotatable bonds is 3. The fourth-order valence-electron chi connectivity index (χ4n) is 1.99. The van der Waals surface area contributed by atoms with Gasteiger partial charge in [0.25, 0.3) is 5.91 Å². The molecule has 0 spiro atoms. The number of benzene rings is 1. The molecule has 2 aromatic rings. The van der Waals surface area contributed by atoms with Gasteiger partial charge in [-0.25, -0.2) is 4.79 Å². The second kappa shape index (κ2) is 5.21. The molecule has 1 aromatic heterocycles. The van der Waals surface area contributed by atoms with E-state index in [0.717, 1.165) is 5.56 Å². The molecule has 0 aliphatic carbocycles. The van der Waals surface area contributed by atoms with E-state index in [4.69, 9.17) is 9.52 Å². The van der Waals surface area contributed by atoms with Crippen LogP contribution in [0, 0.1) is 20.8 Å². The summed E-state index contributed by atoms with van der Waals surface area (Å²) < 4.78 is 5.29. The number of amides is 1. The first-order chi connectivity index (χ1) is 9.38. The highest BCUT2D eigenvalue weighted by Crippen LogP contribution is 2.20. The topological polar surface area (TPSA) is 79.5 Å². The molecule has 1 heterocycles. The number of hydrogen-bond donors (Lipinski definition) is 2. The van der Waals surface area contributed by atoms with Crippen molar-refractivity contribution in [1.29, 1.82) is 0 Å². The van der Waals surface area contributed by atoms with Crippen LogP contribution in [0.3, 0.4) is 0 Å². The maximum absolute atomic E-state index is 12.1. The lowest BCUT2D eigenvalue weighted by Crippen LogP contribution is -2.15. The molecule has 0 unspecified atom stereocenters. The van der Waals surface area contributed by atoms with Gasteiger partial charge in [0.2, 0.25) is 0 Å². The van der Waals surface area contributed by atoms with Gasteiger partial charge in [0.15, 0.2) is 0 Å². The molecule has 2 N–H and O–H groups in total. The Hall–Kier alpha value is -2.56. The first-order valence-corrected chi connectivity index (χ1v) is 6.11. The molecule has 0 aliphatic heterocycles. The van der Waals surface area contributed by atoms with Crippen LogP contribution < -0.4 is 5.32 Å². The van der Waals surface area contributed by atoms with Crippen molar-refractivity contribution < 1.29 is 19.1 Å². The zero-order valence-electron chi connectivity index (χ0n) is 11.5. The summed E-state index contributed by atoms with van der Waals surface area (Å²) >= 11 is 0. The Morgan fingerprint density at radius 1 is 1.10 bits per heavy atom. The summed E-state index contributed by atoms with van der Waals surface area (Å²) in [5, 5.41) is 11.8. The van der Waals surface area contributed by atoms with E-state index in [2.05, 4.69) is 5.32 Å². The first-order valence-electron chi connectivity index (χ1n) is 6.11. The van der Waals surface area contributed by atoms with Gasteiger partial charge < -0.3 is 14.8 Å². The molecular formula is C15H15NO4. The minimum atomic E-state index is -1.08. The molecular weight excluding hydrogens is 258 g/mol. The van der Waals surface area contributed by atoms with E-state index in [1.807, 2.05) is 0 Å². The van der Waals surface area contributed by atoms with Gasteiger partial charge in [-0.05, 0) is 39.0 Å². The second-order valence-electron chi connectivity index (χ2n) is 4.64. The SMILES string of the molecule is Cc1ccc(NC(=O)c2cc(C)oc2C)c(C(=O)O)c1. The molecule has 5 nitrogen and oxygen atoms in total. The highest BCUT2D eigenvalue weighted by molar-refractivity contribution is 6.08. The lowest BCUT2D eigenvalue weighted by molar-refractivity contribution is 0.0698. The maximum atomic E-state index is 12.1. The number of hydrogen-bond acceptors (Lipinski definition) is 3. The molecule has 1 amide bonds. The van der Waals surface area contributed by atoms with Crippen LogP contribution in [0.25, 0.3) is 0 Å². The Morgan fingerprint density at radius 2 is 1.80 bits per heavy atom. The maximum Gasteiger partial charge on any atom is 0.337 e. The molecule has 2 rings (SSSR count). The molecule has 20 heavy (non-hydrogen) atoms. The lowest BCUT2D eigenvalue weighted by Gasteiger charge is -2.08. The molecule has 0 bridgehead atoms. The van der Waals surface area contributed by atoms with Crippen molar-refractivity contribution in [3.8, 4) is 0 Å². The highest BCUT2D eigenvalue weighted by atomic mass is 16.4. The number of nitrogens with one attached hydrogen (secondary N) is 1. The normalized spacial score (nSPS) is 10.3. The number of carboxylic acid groups (broad SMARTS) is 1. The third kappa shape index (κ3) is 2.71. The van der Waals surface area contributed by atoms with Crippen molar-refractivity contribution in [2.45, 2.75) is 20.8 Å². The van der Waals surface area contributed by atoms with Crippen LogP contribution in [0.5, 0.6) is 0 Å². The minimum Gasteiger partial charge on any atom is -0.478 e. The Kier molecular flexibility index (Phi) is 3.61. The van der Waals surface area contributed by atoms with Gasteiger partial charge in [0.05, 0.1) is 16.8 Å². The van der Waals surface area contributed by atoms with Gasteiger partial charge >= 0.3 is 5.97 Å². The Morgan fingerprint density at radius 3 is 2.35 bits per heavy atom. The molecule has 0 fully saturated rings. The molecule has 0 saturated carbocycles. The molecule has 1 aromatic carbocycles. The number of carbonyl (C=O) groups excluding carboxylic acids is 1. The standard InChI is InChI=1S/C15H15NO4/c1-8-4-5-13(12(6-8)15(18)19)16-14(17)11-7-9(2)20-10(11)3/h4-7H,1-3H3,(H,16,17)(H,18,19). The highest BCUT2D eigenvalue weighted by Gasteiger charge is 2.17. The van der Waals surface area contributed by atoms with Crippen LogP contribution in [0.15, 0.2) is 28.7 Å². The summed E-state index contributed by atoms with van der Waals surface area (Å²) in [5.41, 5.74) is 1.55. The number of aromatic carboxylic acids is 1. The Balaban J connectivity index is 2.33. The van der Waals surface area contributed by atoms with Gasteiger partial charge in [0, 0.05) is 0 Å². The van der Waals surface area contributed by atoms with Crippen LogP contribution in [0.4, 0.5) is 5.69 Å². The minimum absolute atomic E-state index is 0.0659. The average Bonchev–Trinajstić information content (AvgIpc) is 2.70. The number of carbonyl (C=O) groups is 2. The monoisotopic (exact) mass is 273 g/mol. The summed E-state index contributed by atoms with van der Waals surface area (Å²) in [6, 6.07) is 6.47. The number of aryl methyl sites for hydroxylation is 3. The predicted molar refractivity (Wildman–Crippen MR) is 74.3 cm³/mol. The summed E-state index contributed by atoms with van der Waals surface area (Å²) in [6.07, 6.45) is 0. The van der Waals surface area contributed by atoms with Crippen LogP contribution in [-0.2, 0) is 0 Å². The third-order valence-corrected chi connectivity index (χ3v) is 2.94. The van der Waals surface area contributed by atoms with Gasteiger partial charge in [0.1, 0.15) is 11.5 Å². The molecule has 0 saturated heterocycles. The smallest absolute Gasteiger partial charge is 0.337 e. The quantitative estimate of drug-likeness (QED) is 0.900. The largest absolute Gasteiger partial charge is 0.478 e. The van der Waals surface area contributed by atoms with Crippen molar-refractivity contribution in [1.82, 2.24) is 0 Å². The molecule has 5 heteroatoms. The van der Waals surface area contributed by atoms with Crippen molar-refractivity contribution in [2.24, 2.45) is 0 Å². The van der Waals surface area contributed by atoms with Crippen LogP contribution >= 0.6 is 0 Å². The van der Waals surface area contributed by atoms with Gasteiger partial charge in [-0.3, -0.25) is 4.79 Å². The van der Waals surface area contributed by atoms with Crippen molar-refractivity contribution >= 4 is 17.6 Å². The summed E-state index contributed by atoms with van der Waals surface area (Å²) in [5.74, 6) is -0.325. The van der Waals surface area contributed by atoms with Crippen molar-refractivity contribution in [3.05, 3.63) is 52.5 Å². The van der Waals surface area contributed by atoms with E-state index in [-0.39, 0.29) is 17.2 Å². The molecule has 0 radical (unpaired) electrons. The van der Waals surface area contributed by atoms with Crippen LogP contribution in [-0.4, -0.2) is 17.0 Å². The van der Waals surface area contributed by atoms with Crippen molar-refractivity contribution in [3.63, 3.8) is 0 Å². The third-order valence-electron chi connectivity index (χ3n) is 2.94. The second-order valence-corrected chi connectivity index (χ2v) is 4.64. The fraction of sp³-hybridized carbons (Fsp3) is 0.200. The van der Waals surface area contributed by atoms with Crippen LogP contribution in [0.2, 0.25) is 0 Å². The number of anilines is 1. The number of furan rings is 1. The van der Waals surface area contributed by atoms with Gasteiger partial charge in [-0.1, -0.05) is 11.6 Å². The van der Waals surface area contributed by atoms with E-state index >= 15 is 0 Å². The van der Waals surface area contributed by atoms with Crippen molar-refractivity contribution in [2.75, 3.05) is 5.32 Å². The summed E-state index contributed by atoms with van der Waals surface area (Å²) in [7, 11) is 0. The van der Waals surface area contributed by atoms with Crippen LogP contribution in [0.1, 0.15) is 37.8 Å².